The predicted octanol–water partition coefficient (Wildman–Crippen LogP) is 2.92. The molecule has 0 bridgehead atoms. The van der Waals surface area contributed by atoms with E-state index < -0.39 is 0 Å². The summed E-state index contributed by atoms with van der Waals surface area (Å²) in [5.41, 5.74) is 2.53. The summed E-state index contributed by atoms with van der Waals surface area (Å²) in [6.45, 7) is 0. The molecule has 1 unspecified atom stereocenters. The number of amides is 1. The maximum absolute atomic E-state index is 12.9. The molecule has 0 aromatic heterocycles. The van der Waals surface area contributed by atoms with Gasteiger partial charge < -0.3 is 9.47 Å². The number of benzene rings is 2. The van der Waals surface area contributed by atoms with Crippen molar-refractivity contribution in [2.75, 3.05) is 33.2 Å². The molecule has 23 heavy (non-hydrogen) atoms. The van der Waals surface area contributed by atoms with Crippen molar-refractivity contribution in [2.45, 2.75) is 6.17 Å². The molecule has 0 saturated heterocycles. The first-order chi connectivity index (χ1) is 11.1. The second-order valence-corrected chi connectivity index (χ2v) is 5.64. The number of rotatable bonds is 4. The van der Waals surface area contributed by atoms with Crippen LogP contribution in [0.5, 0.6) is 11.5 Å². The van der Waals surface area contributed by atoms with Crippen molar-refractivity contribution in [2.24, 2.45) is 0 Å². The van der Waals surface area contributed by atoms with Gasteiger partial charge in [-0.1, -0.05) is 18.2 Å². The normalized spacial score (nSPS) is 16.7. The molecular weight excluding hydrogens is 292 g/mol. The van der Waals surface area contributed by atoms with Crippen molar-refractivity contribution in [3.63, 3.8) is 0 Å². The number of carbonyl (C=O) groups excluding carboxylic acids is 1. The zero-order valence-electron chi connectivity index (χ0n) is 13.7. The number of methoxy groups -OCH3 is 2. The van der Waals surface area contributed by atoms with Gasteiger partial charge in [-0.05, 0) is 32.3 Å². The first-order valence-corrected chi connectivity index (χ1v) is 7.39. The van der Waals surface area contributed by atoms with E-state index in [0.717, 1.165) is 16.8 Å². The number of hydrogen-bond donors (Lipinski definition) is 0. The lowest BCUT2D eigenvalue weighted by Gasteiger charge is -2.31. The standard InChI is InChI=1S/C18H20N2O3/c1-19(2)17-13-7-5-6-8-14(13)18(21)20(17)12-9-10-15(22-3)16(11-12)23-4/h5-11,17H,1-4H3. The van der Waals surface area contributed by atoms with Crippen LogP contribution in [0.15, 0.2) is 42.5 Å². The largest absolute Gasteiger partial charge is 0.493 e. The Morgan fingerprint density at radius 1 is 1.00 bits per heavy atom. The lowest BCUT2D eigenvalue weighted by Crippen LogP contribution is -2.36. The summed E-state index contributed by atoms with van der Waals surface area (Å²) in [4.78, 5) is 16.7. The number of ether oxygens (including phenoxy) is 2. The Labute approximate surface area is 136 Å². The smallest absolute Gasteiger partial charge is 0.260 e. The van der Waals surface area contributed by atoms with Crippen LogP contribution in [0.1, 0.15) is 22.1 Å². The number of hydrogen-bond acceptors (Lipinski definition) is 4. The lowest BCUT2D eigenvalue weighted by atomic mass is 10.1. The number of anilines is 1. The van der Waals surface area contributed by atoms with Crippen LogP contribution in [0.4, 0.5) is 5.69 Å². The Morgan fingerprint density at radius 2 is 1.70 bits per heavy atom. The quantitative estimate of drug-likeness (QED) is 0.870. The highest BCUT2D eigenvalue weighted by Crippen LogP contribution is 2.41. The van der Waals surface area contributed by atoms with Crippen molar-refractivity contribution >= 4 is 11.6 Å². The zero-order valence-corrected chi connectivity index (χ0v) is 13.7. The second kappa shape index (κ2) is 5.93. The topological polar surface area (TPSA) is 42.0 Å². The Kier molecular flexibility index (Phi) is 3.96. The zero-order chi connectivity index (χ0) is 16.6. The van der Waals surface area contributed by atoms with Crippen molar-refractivity contribution in [3.05, 3.63) is 53.6 Å². The van der Waals surface area contributed by atoms with E-state index in [1.807, 2.05) is 61.5 Å². The molecule has 1 aliphatic rings. The van der Waals surface area contributed by atoms with Crippen LogP contribution in [0.2, 0.25) is 0 Å². The molecule has 0 N–H and O–H groups in total. The summed E-state index contributed by atoms with van der Waals surface area (Å²) in [6, 6.07) is 13.2. The van der Waals surface area contributed by atoms with Gasteiger partial charge >= 0.3 is 0 Å². The van der Waals surface area contributed by atoms with Gasteiger partial charge in [0, 0.05) is 22.9 Å². The summed E-state index contributed by atoms with van der Waals surface area (Å²) in [7, 11) is 7.12. The Hall–Kier alpha value is -2.53. The fourth-order valence-corrected chi connectivity index (χ4v) is 3.04. The molecule has 0 radical (unpaired) electrons. The maximum Gasteiger partial charge on any atom is 0.260 e. The van der Waals surface area contributed by atoms with Gasteiger partial charge in [-0.3, -0.25) is 14.6 Å². The Balaban J connectivity index is 2.10. The minimum absolute atomic E-state index is 0.00785. The second-order valence-electron chi connectivity index (χ2n) is 5.64. The highest BCUT2D eigenvalue weighted by Gasteiger charge is 2.38. The van der Waals surface area contributed by atoms with Crippen LogP contribution >= 0.6 is 0 Å². The van der Waals surface area contributed by atoms with Crippen LogP contribution in [-0.4, -0.2) is 39.1 Å². The summed E-state index contributed by atoms with van der Waals surface area (Å²) in [5, 5.41) is 0. The molecule has 2 aromatic rings. The molecule has 0 spiro atoms. The van der Waals surface area contributed by atoms with Crippen molar-refractivity contribution in [1.29, 1.82) is 0 Å². The van der Waals surface area contributed by atoms with Crippen molar-refractivity contribution in [3.8, 4) is 11.5 Å². The molecule has 1 heterocycles. The molecule has 0 saturated carbocycles. The minimum Gasteiger partial charge on any atom is -0.493 e. The Morgan fingerprint density at radius 3 is 2.35 bits per heavy atom. The first-order valence-electron chi connectivity index (χ1n) is 7.39. The maximum atomic E-state index is 12.9. The third-order valence-electron chi connectivity index (χ3n) is 4.07. The minimum atomic E-state index is -0.142. The lowest BCUT2D eigenvalue weighted by molar-refractivity contribution is 0.0973. The third-order valence-corrected chi connectivity index (χ3v) is 4.07. The van der Waals surface area contributed by atoms with Crippen LogP contribution in [-0.2, 0) is 0 Å². The molecule has 5 heteroatoms. The molecule has 120 valence electrons. The molecule has 3 rings (SSSR count). The molecule has 1 aliphatic heterocycles. The monoisotopic (exact) mass is 312 g/mol. The van der Waals surface area contributed by atoms with E-state index in [0.29, 0.717) is 11.5 Å². The van der Waals surface area contributed by atoms with Crippen LogP contribution < -0.4 is 14.4 Å². The highest BCUT2D eigenvalue weighted by atomic mass is 16.5. The van der Waals surface area contributed by atoms with Crippen LogP contribution in [0.3, 0.4) is 0 Å². The summed E-state index contributed by atoms with van der Waals surface area (Å²) in [5.74, 6) is 1.24. The molecule has 2 aromatic carbocycles. The van der Waals surface area contributed by atoms with Gasteiger partial charge in [-0.2, -0.15) is 0 Å². The number of fused-ring (bicyclic) bond motifs is 1. The average molecular weight is 312 g/mol. The van der Waals surface area contributed by atoms with Crippen LogP contribution in [0.25, 0.3) is 0 Å². The molecule has 5 nitrogen and oxygen atoms in total. The van der Waals surface area contributed by atoms with E-state index in [1.54, 1.807) is 19.1 Å². The van der Waals surface area contributed by atoms with Crippen molar-refractivity contribution < 1.29 is 14.3 Å². The van der Waals surface area contributed by atoms with Gasteiger partial charge in [-0.15, -0.1) is 0 Å². The first kappa shape index (κ1) is 15.4. The molecular formula is C18H20N2O3. The summed E-state index contributed by atoms with van der Waals surface area (Å²) < 4.78 is 10.6. The molecule has 0 fully saturated rings. The highest BCUT2D eigenvalue weighted by molar-refractivity contribution is 6.11. The fourth-order valence-electron chi connectivity index (χ4n) is 3.04. The Bertz CT molecular complexity index is 743. The van der Waals surface area contributed by atoms with E-state index in [-0.39, 0.29) is 12.1 Å². The summed E-state index contributed by atoms with van der Waals surface area (Å²) in [6.07, 6.45) is -0.142. The van der Waals surface area contributed by atoms with E-state index in [1.165, 1.54) is 0 Å². The van der Waals surface area contributed by atoms with E-state index in [4.69, 9.17) is 9.47 Å². The van der Waals surface area contributed by atoms with Gasteiger partial charge in [0.25, 0.3) is 5.91 Å². The van der Waals surface area contributed by atoms with Gasteiger partial charge in [0.1, 0.15) is 6.17 Å². The average Bonchev–Trinajstić information content (AvgIpc) is 2.87. The summed E-state index contributed by atoms with van der Waals surface area (Å²) >= 11 is 0. The van der Waals surface area contributed by atoms with Gasteiger partial charge in [-0.25, -0.2) is 0 Å². The van der Waals surface area contributed by atoms with E-state index in [9.17, 15) is 4.79 Å². The number of carbonyl (C=O) groups is 1. The predicted molar refractivity (Wildman–Crippen MR) is 89.2 cm³/mol. The third kappa shape index (κ3) is 2.43. The molecule has 1 atom stereocenters. The van der Waals surface area contributed by atoms with Crippen LogP contribution in [0, 0.1) is 0 Å². The molecule has 1 amide bonds. The van der Waals surface area contributed by atoms with E-state index >= 15 is 0 Å². The number of nitrogens with zero attached hydrogens (tertiary/aromatic N) is 2. The fraction of sp³-hybridized carbons (Fsp3) is 0.278. The SMILES string of the molecule is COc1ccc(N2C(=O)c3ccccc3C2N(C)C)cc1OC. The van der Waals surface area contributed by atoms with Crippen molar-refractivity contribution in [1.82, 2.24) is 4.90 Å². The van der Waals surface area contributed by atoms with Gasteiger partial charge in [0.05, 0.1) is 14.2 Å². The van der Waals surface area contributed by atoms with Gasteiger partial charge in [0.15, 0.2) is 11.5 Å². The van der Waals surface area contributed by atoms with Gasteiger partial charge in [0.2, 0.25) is 0 Å². The van der Waals surface area contributed by atoms with E-state index in [2.05, 4.69) is 0 Å². The molecule has 0 aliphatic carbocycles.